The van der Waals surface area contributed by atoms with E-state index in [-0.39, 0.29) is 16.7 Å². The monoisotopic (exact) mass is 902 g/mol. The van der Waals surface area contributed by atoms with E-state index in [0.717, 1.165) is 5.56 Å². The summed E-state index contributed by atoms with van der Waals surface area (Å²) in [6.07, 6.45) is -3.02. The largest absolute Gasteiger partial charge is 0.289 e. The van der Waals surface area contributed by atoms with Crippen LogP contribution in [0.5, 0.6) is 0 Å². The van der Waals surface area contributed by atoms with Crippen LogP contribution < -0.4 is 21.9 Å². The molecule has 0 bridgehead atoms. The van der Waals surface area contributed by atoms with E-state index in [1.54, 1.807) is 0 Å². The van der Waals surface area contributed by atoms with E-state index < -0.39 is 144 Å². The lowest BCUT2D eigenvalue weighted by atomic mass is 9.12. The molecule has 0 heterocycles. The smallest absolute Gasteiger partial charge is 0.211 e. The Bertz CT molecular complexity index is 2160. The van der Waals surface area contributed by atoms with E-state index in [0.29, 0.717) is 11.7 Å². The number of benzene rings is 5. The van der Waals surface area contributed by atoms with E-state index >= 15 is 35.1 Å². The summed E-state index contributed by atoms with van der Waals surface area (Å²) in [5.74, 6) is -69.9. The third-order valence-electron chi connectivity index (χ3n) is 9.03. The van der Waals surface area contributed by atoms with Crippen LogP contribution in [-0.4, -0.2) is 30.2 Å². The fourth-order valence-electron chi connectivity index (χ4n) is 6.27. The molecule has 0 saturated carbocycles. The Morgan fingerprint density at radius 2 is 0.600 bits per heavy atom. The normalized spacial score (nSPS) is 11.8. The first-order valence-corrected chi connectivity index (χ1v) is 18.3. The predicted molar refractivity (Wildman–Crippen MR) is 178 cm³/mol. The molecular formula is C37H19BF20OS. The maximum atomic E-state index is 15.4. The van der Waals surface area contributed by atoms with Crippen molar-refractivity contribution in [2.24, 2.45) is 0 Å². The molecule has 0 fully saturated rings. The average Bonchev–Trinajstić information content (AvgIpc) is 3.20. The van der Waals surface area contributed by atoms with Crippen molar-refractivity contribution in [3.8, 4) is 0 Å². The van der Waals surface area contributed by atoms with Crippen molar-refractivity contribution in [2.45, 2.75) is 19.8 Å². The molecule has 322 valence electrons. The van der Waals surface area contributed by atoms with Crippen molar-refractivity contribution in [3.63, 3.8) is 0 Å². The number of hydrogen-bond acceptors (Lipinski definition) is 1. The summed E-state index contributed by atoms with van der Waals surface area (Å²) < 4.78 is 294. The van der Waals surface area contributed by atoms with Crippen LogP contribution >= 0.6 is 0 Å². The Labute approximate surface area is 326 Å². The second kappa shape index (κ2) is 17.4. The zero-order chi connectivity index (χ0) is 45.8. The Kier molecular flexibility index (Phi) is 13.8. The minimum Gasteiger partial charge on any atom is -0.289 e. The van der Waals surface area contributed by atoms with Gasteiger partial charge in [-0.15, -0.1) is 21.9 Å². The van der Waals surface area contributed by atoms with Crippen molar-refractivity contribution < 1.29 is 92.6 Å². The Morgan fingerprint density at radius 1 is 0.400 bits per heavy atom. The van der Waals surface area contributed by atoms with Crippen LogP contribution in [0.2, 0.25) is 0 Å². The molecule has 0 radical (unpaired) electrons. The summed E-state index contributed by atoms with van der Waals surface area (Å²) in [4.78, 5) is 11.7. The van der Waals surface area contributed by atoms with Gasteiger partial charge in [0.1, 0.15) is 52.7 Å². The summed E-state index contributed by atoms with van der Waals surface area (Å²) in [5, 5.41) is 0. The minimum absolute atomic E-state index is 0.190. The summed E-state index contributed by atoms with van der Waals surface area (Å²) in [7, 11) is 0.190. The number of ketones is 1. The highest BCUT2D eigenvalue weighted by Gasteiger charge is 2.52. The lowest BCUT2D eigenvalue weighted by molar-refractivity contribution is 0.102. The summed E-state index contributed by atoms with van der Waals surface area (Å²) in [5.41, 5.74) is -12.2. The second-order valence-electron chi connectivity index (χ2n) is 13.1. The molecule has 0 aliphatic rings. The second-order valence-corrected chi connectivity index (χ2v) is 15.4. The minimum atomic E-state index is -7.22. The van der Waals surface area contributed by atoms with Crippen molar-refractivity contribution in [3.05, 3.63) is 152 Å². The molecule has 0 amide bonds. The van der Waals surface area contributed by atoms with Gasteiger partial charge < -0.3 is 0 Å². The number of Topliss-reactive ketones (excluding diaryl/α,β-unsaturated/α-hetero) is 1. The molecule has 0 N–H and O–H groups in total. The molecule has 0 aromatic heterocycles. The van der Waals surface area contributed by atoms with Crippen molar-refractivity contribution in [1.82, 2.24) is 0 Å². The highest BCUT2D eigenvalue weighted by molar-refractivity contribution is 7.96. The molecule has 0 unspecified atom stereocenters. The van der Waals surface area contributed by atoms with Gasteiger partial charge in [-0.3, -0.25) is 4.79 Å². The highest BCUT2D eigenvalue weighted by atomic mass is 32.2. The van der Waals surface area contributed by atoms with Gasteiger partial charge in [0.25, 0.3) is 0 Å². The summed E-state index contributed by atoms with van der Waals surface area (Å²) >= 11 is 0. The molecule has 5 aromatic carbocycles. The third kappa shape index (κ3) is 7.57. The maximum Gasteiger partial charge on any atom is 0.211 e. The van der Waals surface area contributed by atoms with Gasteiger partial charge in [0.05, 0.1) is 12.5 Å². The summed E-state index contributed by atoms with van der Waals surface area (Å²) in [6, 6.07) is 8.01. The quantitative estimate of drug-likeness (QED) is 0.0381. The molecule has 0 spiro atoms. The van der Waals surface area contributed by atoms with Crippen LogP contribution in [-0.2, 0) is 10.9 Å². The van der Waals surface area contributed by atoms with Crippen molar-refractivity contribution in [2.75, 3.05) is 18.3 Å². The Morgan fingerprint density at radius 3 is 0.783 bits per heavy atom. The fourth-order valence-corrected chi connectivity index (χ4v) is 6.96. The van der Waals surface area contributed by atoms with Gasteiger partial charge in [-0.05, 0) is 22.4 Å². The van der Waals surface area contributed by atoms with Gasteiger partial charge in [-0.1, -0.05) is 38.1 Å². The zero-order valence-electron chi connectivity index (χ0n) is 30.0. The van der Waals surface area contributed by atoms with Crippen LogP contribution in [0.3, 0.4) is 0 Å². The van der Waals surface area contributed by atoms with Crippen LogP contribution in [0.15, 0.2) is 24.3 Å². The molecule has 60 heavy (non-hydrogen) atoms. The van der Waals surface area contributed by atoms with Crippen molar-refractivity contribution in [1.29, 1.82) is 0 Å². The number of hydrogen-bond donors (Lipinski definition) is 0. The molecule has 0 aliphatic carbocycles. The fraction of sp³-hybridized carbons (Fsp3) is 0.162. The standard InChI is InChI=1S/C24BF20.C13H19OS/c26-5-1(6(27)14(35)21(42)13(5)34)25(2-7(28)15(36)22(43)16(37)8(2)29,3-9(30)17(38)23(44)18(39)10(3)31)4-11(32)19(40)24(45)20(41)12(4)33;1-10(2)11-5-7-12(8-6-11)13(14)9-15(3)4/h;5-8,10H,9H2,1-4H3/q-1;+1. The zero-order valence-corrected chi connectivity index (χ0v) is 30.9. The third-order valence-corrected chi connectivity index (χ3v) is 9.87. The number of rotatable bonds is 8. The Balaban J connectivity index is 0.000000445. The molecule has 5 aromatic rings. The number of halogens is 20. The number of carbonyl (C=O) groups excluding carboxylic acids is 1. The van der Waals surface area contributed by atoms with E-state index in [1.807, 2.05) is 12.1 Å². The maximum absolute atomic E-state index is 15.4. The van der Waals surface area contributed by atoms with Gasteiger partial charge in [0, 0.05) is 5.56 Å². The molecule has 0 atom stereocenters. The SMILES string of the molecule is CC(C)c1ccc(C(=O)C[S+](C)C)cc1.Fc1c(F)c(F)c([B-](c2c(F)c(F)c(F)c(F)c2F)(c2c(F)c(F)c(F)c(F)c2F)c2c(F)c(F)c(F)c(F)c2F)c(F)c1F. The van der Waals surface area contributed by atoms with E-state index in [2.05, 4.69) is 38.5 Å². The molecule has 0 saturated heterocycles. The summed E-state index contributed by atoms with van der Waals surface area (Å²) in [6.45, 7) is 4.32. The van der Waals surface area contributed by atoms with Gasteiger partial charge in [-0.25, -0.2) is 87.8 Å². The lowest BCUT2D eigenvalue weighted by Gasteiger charge is -2.44. The first kappa shape index (κ1) is 47.5. The van der Waals surface area contributed by atoms with Crippen molar-refractivity contribution >= 4 is 44.7 Å². The van der Waals surface area contributed by atoms with Crippen LogP contribution in [0.1, 0.15) is 35.7 Å². The van der Waals surface area contributed by atoms with Gasteiger partial charge in [0.2, 0.25) is 5.78 Å². The van der Waals surface area contributed by atoms with Gasteiger partial charge in [0.15, 0.2) is 75.6 Å². The molecule has 23 heteroatoms. The first-order chi connectivity index (χ1) is 27.7. The van der Waals surface area contributed by atoms with Crippen LogP contribution in [0, 0.1) is 116 Å². The Hall–Kier alpha value is -5.22. The lowest BCUT2D eigenvalue weighted by Crippen LogP contribution is -2.81. The van der Waals surface area contributed by atoms with Gasteiger partial charge in [-0.2, -0.15) is 0 Å². The van der Waals surface area contributed by atoms with Gasteiger partial charge >= 0.3 is 0 Å². The predicted octanol–water partition coefficient (Wildman–Crippen LogP) is 8.72. The molecule has 0 aliphatic heterocycles. The highest BCUT2D eigenvalue weighted by Crippen LogP contribution is 2.31. The number of carbonyl (C=O) groups is 1. The van der Waals surface area contributed by atoms with Crippen LogP contribution in [0.4, 0.5) is 87.8 Å². The average molecular weight is 902 g/mol. The van der Waals surface area contributed by atoms with E-state index in [4.69, 9.17) is 0 Å². The molecule has 5 rings (SSSR count). The molecular weight excluding hydrogens is 883 g/mol. The van der Waals surface area contributed by atoms with E-state index in [9.17, 15) is 57.5 Å². The molecule has 1 nitrogen and oxygen atoms in total. The van der Waals surface area contributed by atoms with Crippen LogP contribution in [0.25, 0.3) is 0 Å². The first-order valence-electron chi connectivity index (χ1n) is 16.1. The topological polar surface area (TPSA) is 17.1 Å². The van der Waals surface area contributed by atoms with E-state index in [1.165, 1.54) is 5.56 Å².